The zero-order valence-electron chi connectivity index (χ0n) is 10.0. The maximum Gasteiger partial charge on any atom is 0.191 e. The summed E-state index contributed by atoms with van der Waals surface area (Å²) in [6.45, 7) is 9.16. The van der Waals surface area contributed by atoms with Crippen LogP contribution in [0.15, 0.2) is 17.6 Å². The SMILES string of the molecule is C=CCNC(=NC)NCc1sc(C)nc1C. The first-order chi connectivity index (χ1) is 7.67. The molecule has 5 heteroatoms. The summed E-state index contributed by atoms with van der Waals surface area (Å²) in [6.07, 6.45) is 1.80. The Bertz CT molecular complexity index is 381. The number of aromatic nitrogens is 1. The molecule has 0 aliphatic carbocycles. The molecule has 0 aliphatic heterocycles. The summed E-state index contributed by atoms with van der Waals surface area (Å²) in [5, 5.41) is 7.46. The van der Waals surface area contributed by atoms with E-state index < -0.39 is 0 Å². The highest BCUT2D eigenvalue weighted by Gasteiger charge is 2.04. The van der Waals surface area contributed by atoms with Crippen molar-refractivity contribution >= 4 is 17.3 Å². The smallest absolute Gasteiger partial charge is 0.191 e. The first-order valence-electron chi connectivity index (χ1n) is 5.15. The van der Waals surface area contributed by atoms with E-state index in [1.54, 1.807) is 24.5 Å². The molecule has 0 saturated carbocycles. The normalized spacial score (nSPS) is 11.3. The maximum absolute atomic E-state index is 4.38. The van der Waals surface area contributed by atoms with Gasteiger partial charge in [0.1, 0.15) is 0 Å². The molecule has 0 spiro atoms. The summed E-state index contributed by atoms with van der Waals surface area (Å²) in [6, 6.07) is 0. The van der Waals surface area contributed by atoms with Crippen molar-refractivity contribution in [2.75, 3.05) is 13.6 Å². The van der Waals surface area contributed by atoms with Crippen molar-refractivity contribution in [3.63, 3.8) is 0 Å². The lowest BCUT2D eigenvalue weighted by molar-refractivity contribution is 0.850. The van der Waals surface area contributed by atoms with Crippen LogP contribution in [0.5, 0.6) is 0 Å². The van der Waals surface area contributed by atoms with E-state index in [4.69, 9.17) is 0 Å². The molecule has 0 radical (unpaired) electrons. The van der Waals surface area contributed by atoms with Crippen LogP contribution in [0, 0.1) is 13.8 Å². The van der Waals surface area contributed by atoms with Crippen LogP contribution in [0.3, 0.4) is 0 Å². The van der Waals surface area contributed by atoms with Gasteiger partial charge in [0.25, 0.3) is 0 Å². The third kappa shape index (κ3) is 3.66. The van der Waals surface area contributed by atoms with Gasteiger partial charge in [0.15, 0.2) is 5.96 Å². The number of nitrogens with one attached hydrogen (secondary N) is 2. The van der Waals surface area contributed by atoms with Crippen molar-refractivity contribution in [1.29, 1.82) is 0 Å². The molecular formula is C11H18N4S. The van der Waals surface area contributed by atoms with Gasteiger partial charge in [-0.1, -0.05) is 6.08 Å². The van der Waals surface area contributed by atoms with Gasteiger partial charge in [-0.3, -0.25) is 4.99 Å². The Morgan fingerprint density at radius 2 is 2.25 bits per heavy atom. The maximum atomic E-state index is 4.38. The topological polar surface area (TPSA) is 49.3 Å². The molecule has 2 N–H and O–H groups in total. The Kier molecular flexibility index (Phi) is 4.98. The quantitative estimate of drug-likeness (QED) is 0.476. The van der Waals surface area contributed by atoms with Gasteiger partial charge in [-0.2, -0.15) is 0 Å². The molecular weight excluding hydrogens is 220 g/mol. The minimum Gasteiger partial charge on any atom is -0.353 e. The van der Waals surface area contributed by atoms with Crippen molar-refractivity contribution in [1.82, 2.24) is 15.6 Å². The second-order valence-corrected chi connectivity index (χ2v) is 4.62. The number of guanidine groups is 1. The van der Waals surface area contributed by atoms with Gasteiger partial charge in [0.2, 0.25) is 0 Å². The lowest BCUT2D eigenvalue weighted by atomic mass is 10.4. The molecule has 1 rings (SSSR count). The molecule has 0 fully saturated rings. The fourth-order valence-corrected chi connectivity index (χ4v) is 2.17. The second kappa shape index (κ2) is 6.27. The van der Waals surface area contributed by atoms with Crippen molar-refractivity contribution in [2.24, 2.45) is 4.99 Å². The number of hydrogen-bond acceptors (Lipinski definition) is 3. The summed E-state index contributed by atoms with van der Waals surface area (Å²) < 4.78 is 0. The van der Waals surface area contributed by atoms with Gasteiger partial charge in [-0.25, -0.2) is 4.98 Å². The van der Waals surface area contributed by atoms with Gasteiger partial charge in [0.05, 0.1) is 17.2 Å². The predicted octanol–water partition coefficient (Wildman–Crippen LogP) is 1.61. The van der Waals surface area contributed by atoms with E-state index in [0.717, 1.165) is 23.2 Å². The minimum atomic E-state index is 0.709. The molecule has 16 heavy (non-hydrogen) atoms. The Morgan fingerprint density at radius 3 is 2.75 bits per heavy atom. The van der Waals surface area contributed by atoms with E-state index in [2.05, 4.69) is 27.2 Å². The van der Waals surface area contributed by atoms with E-state index >= 15 is 0 Å². The summed E-state index contributed by atoms with van der Waals surface area (Å²) in [5.41, 5.74) is 1.09. The molecule has 0 unspecified atom stereocenters. The van der Waals surface area contributed by atoms with Gasteiger partial charge in [-0.15, -0.1) is 17.9 Å². The summed E-state index contributed by atoms with van der Waals surface area (Å²) in [5.74, 6) is 0.783. The first kappa shape index (κ1) is 12.7. The molecule has 1 aromatic rings. The number of thiazole rings is 1. The number of aryl methyl sites for hydroxylation is 2. The monoisotopic (exact) mass is 238 g/mol. The number of rotatable bonds is 4. The van der Waals surface area contributed by atoms with Crippen LogP contribution in [0.2, 0.25) is 0 Å². The van der Waals surface area contributed by atoms with Crippen LogP contribution in [0.25, 0.3) is 0 Å². The van der Waals surface area contributed by atoms with Crippen LogP contribution in [0.1, 0.15) is 15.6 Å². The zero-order valence-corrected chi connectivity index (χ0v) is 10.8. The van der Waals surface area contributed by atoms with Crippen molar-refractivity contribution in [3.05, 3.63) is 28.2 Å². The molecule has 88 valence electrons. The van der Waals surface area contributed by atoms with E-state index in [9.17, 15) is 0 Å². The van der Waals surface area contributed by atoms with E-state index in [1.807, 2.05) is 13.8 Å². The lowest BCUT2D eigenvalue weighted by Gasteiger charge is -2.09. The van der Waals surface area contributed by atoms with Crippen molar-refractivity contribution in [2.45, 2.75) is 20.4 Å². The molecule has 0 atom stereocenters. The van der Waals surface area contributed by atoms with Crippen LogP contribution < -0.4 is 10.6 Å². The minimum absolute atomic E-state index is 0.709. The van der Waals surface area contributed by atoms with Crippen molar-refractivity contribution < 1.29 is 0 Å². The second-order valence-electron chi connectivity index (χ2n) is 3.34. The molecule has 0 aliphatic rings. The number of aliphatic imine (C=N–C) groups is 1. The molecule has 4 nitrogen and oxygen atoms in total. The van der Waals surface area contributed by atoms with E-state index in [1.165, 1.54) is 4.88 Å². The summed E-state index contributed by atoms with van der Waals surface area (Å²) >= 11 is 1.71. The summed E-state index contributed by atoms with van der Waals surface area (Å²) in [7, 11) is 1.75. The largest absolute Gasteiger partial charge is 0.353 e. The van der Waals surface area contributed by atoms with Gasteiger partial charge >= 0.3 is 0 Å². The highest BCUT2D eigenvalue weighted by Crippen LogP contribution is 2.16. The van der Waals surface area contributed by atoms with E-state index in [-0.39, 0.29) is 0 Å². The molecule has 0 amide bonds. The Morgan fingerprint density at radius 1 is 1.50 bits per heavy atom. The fraction of sp³-hybridized carbons (Fsp3) is 0.455. The molecule has 0 bridgehead atoms. The van der Waals surface area contributed by atoms with Crippen LogP contribution >= 0.6 is 11.3 Å². The van der Waals surface area contributed by atoms with Gasteiger partial charge in [-0.05, 0) is 13.8 Å². The average molecular weight is 238 g/mol. The fourth-order valence-electron chi connectivity index (χ4n) is 1.29. The van der Waals surface area contributed by atoms with Crippen molar-refractivity contribution in [3.8, 4) is 0 Å². The highest BCUT2D eigenvalue weighted by molar-refractivity contribution is 7.11. The number of hydrogen-bond donors (Lipinski definition) is 2. The molecule has 1 aromatic heterocycles. The van der Waals surface area contributed by atoms with Crippen LogP contribution in [-0.2, 0) is 6.54 Å². The van der Waals surface area contributed by atoms with E-state index in [0.29, 0.717) is 6.54 Å². The van der Waals surface area contributed by atoms with Gasteiger partial charge in [0, 0.05) is 18.5 Å². The van der Waals surface area contributed by atoms with Crippen LogP contribution in [-0.4, -0.2) is 24.5 Å². The third-order valence-corrected chi connectivity index (χ3v) is 3.13. The third-order valence-electron chi connectivity index (χ3n) is 2.05. The highest BCUT2D eigenvalue weighted by atomic mass is 32.1. The Labute approximate surface area is 101 Å². The average Bonchev–Trinajstić information content (AvgIpc) is 2.58. The molecule has 1 heterocycles. The van der Waals surface area contributed by atoms with Gasteiger partial charge < -0.3 is 10.6 Å². The predicted molar refractivity (Wildman–Crippen MR) is 70.0 cm³/mol. The molecule has 0 saturated heterocycles. The molecule has 0 aromatic carbocycles. The summed E-state index contributed by atoms with van der Waals surface area (Å²) in [4.78, 5) is 9.74. The zero-order chi connectivity index (χ0) is 12.0. The standard InChI is InChI=1S/C11H18N4S/c1-5-6-13-11(12-4)14-7-10-8(2)15-9(3)16-10/h5H,1,6-7H2,2-4H3,(H2,12,13,14). The Hall–Kier alpha value is -1.36. The number of nitrogens with zero attached hydrogens (tertiary/aromatic N) is 2. The van der Waals surface area contributed by atoms with Crippen LogP contribution in [0.4, 0.5) is 0 Å². The lowest BCUT2D eigenvalue weighted by Crippen LogP contribution is -2.36. The Balaban J connectivity index is 2.49. The first-order valence-corrected chi connectivity index (χ1v) is 5.97.